The lowest BCUT2D eigenvalue weighted by Crippen LogP contribution is -2.38. The van der Waals surface area contributed by atoms with Gasteiger partial charge in [0.25, 0.3) is 0 Å². The number of fused-ring (bicyclic) bond motifs is 2. The second-order valence-corrected chi connectivity index (χ2v) is 8.05. The number of hydrogen-bond donors (Lipinski definition) is 1. The third-order valence-corrected chi connectivity index (χ3v) is 7.11. The number of benzene rings is 1. The van der Waals surface area contributed by atoms with Crippen LogP contribution in [0.5, 0.6) is 0 Å². The Morgan fingerprint density at radius 3 is 2.17 bits per heavy atom. The Bertz CT molecular complexity index is 678. The molecule has 1 aromatic rings. The summed E-state index contributed by atoms with van der Waals surface area (Å²) in [4.78, 5) is 23.9. The first-order chi connectivity index (χ1) is 10.6. The van der Waals surface area contributed by atoms with Gasteiger partial charge in [-0.1, -0.05) is 39.8 Å². The lowest BCUT2D eigenvalue weighted by Gasteiger charge is -2.40. The van der Waals surface area contributed by atoms with E-state index in [1.165, 1.54) is 12.1 Å². The van der Waals surface area contributed by atoms with E-state index >= 15 is 0 Å². The number of aromatic carboxylic acids is 1. The topological polar surface area (TPSA) is 63.6 Å². The van der Waals surface area contributed by atoms with Crippen molar-refractivity contribution < 1.29 is 19.4 Å². The summed E-state index contributed by atoms with van der Waals surface area (Å²) in [5, 5.41) is 9.25. The molecule has 2 aliphatic carbocycles. The average molecular weight is 316 g/mol. The highest BCUT2D eigenvalue weighted by Crippen LogP contribution is 2.72. The van der Waals surface area contributed by atoms with Crippen LogP contribution in [0.15, 0.2) is 24.3 Å². The Balaban J connectivity index is 1.87. The van der Waals surface area contributed by atoms with Crippen molar-refractivity contribution in [2.45, 2.75) is 53.1 Å². The molecule has 0 aromatic heterocycles. The van der Waals surface area contributed by atoms with E-state index in [4.69, 9.17) is 4.74 Å². The van der Waals surface area contributed by atoms with Crippen molar-refractivity contribution >= 4 is 11.9 Å². The summed E-state index contributed by atoms with van der Waals surface area (Å²) in [6.07, 6.45) is 2.87. The van der Waals surface area contributed by atoms with E-state index in [1.54, 1.807) is 12.1 Å². The number of esters is 1. The van der Waals surface area contributed by atoms with E-state index in [1.807, 2.05) is 0 Å². The lowest BCUT2D eigenvalue weighted by molar-refractivity contribution is -0.0244. The van der Waals surface area contributed by atoms with Crippen molar-refractivity contribution in [3.63, 3.8) is 0 Å². The minimum absolute atomic E-state index is 0.00344. The summed E-state index contributed by atoms with van der Waals surface area (Å²) in [6.45, 7) is 9.00. The molecule has 0 radical (unpaired) electrons. The molecule has 4 heteroatoms. The maximum absolute atomic E-state index is 12.6. The minimum atomic E-state index is -1.11. The van der Waals surface area contributed by atoms with Gasteiger partial charge in [-0.05, 0) is 42.2 Å². The van der Waals surface area contributed by atoms with Crippen molar-refractivity contribution in [2.75, 3.05) is 0 Å². The molecule has 0 aliphatic heterocycles. The smallest absolute Gasteiger partial charge is 0.339 e. The predicted octanol–water partition coefficient (Wildman–Crippen LogP) is 4.15. The molecule has 2 aliphatic rings. The van der Waals surface area contributed by atoms with Crippen LogP contribution in [-0.4, -0.2) is 23.1 Å². The summed E-state index contributed by atoms with van der Waals surface area (Å²) >= 11 is 0. The van der Waals surface area contributed by atoms with Gasteiger partial charge in [0, 0.05) is 5.41 Å². The molecule has 1 N–H and O–H groups in total. The summed E-state index contributed by atoms with van der Waals surface area (Å²) in [5.74, 6) is -1.63. The normalized spacial score (nSPS) is 34.3. The van der Waals surface area contributed by atoms with Crippen LogP contribution in [0, 0.1) is 16.2 Å². The molecule has 4 nitrogen and oxygen atoms in total. The first-order valence-electron chi connectivity index (χ1n) is 8.16. The van der Waals surface area contributed by atoms with Crippen molar-refractivity contribution in [1.29, 1.82) is 0 Å². The highest BCUT2D eigenvalue weighted by molar-refractivity contribution is 6.02. The summed E-state index contributed by atoms with van der Waals surface area (Å²) < 4.78 is 5.82. The van der Waals surface area contributed by atoms with Crippen LogP contribution in [0.3, 0.4) is 0 Å². The molecule has 23 heavy (non-hydrogen) atoms. The molecule has 0 heterocycles. The molecule has 124 valence electrons. The van der Waals surface area contributed by atoms with E-state index in [-0.39, 0.29) is 33.5 Å². The largest absolute Gasteiger partial charge is 0.478 e. The zero-order valence-corrected chi connectivity index (χ0v) is 14.2. The molecule has 2 saturated carbocycles. The summed E-state index contributed by atoms with van der Waals surface area (Å²) in [7, 11) is 0. The highest BCUT2D eigenvalue weighted by atomic mass is 16.5. The molecule has 0 saturated heterocycles. The SMILES string of the molecule is CC1(C)[C@@]2(C)CC[C@]1(C)[C@@H](OC(=O)c1ccccc1C(=O)O)C2. The van der Waals surface area contributed by atoms with Gasteiger partial charge < -0.3 is 9.84 Å². The van der Waals surface area contributed by atoms with Crippen LogP contribution in [0.2, 0.25) is 0 Å². The quantitative estimate of drug-likeness (QED) is 0.851. The van der Waals surface area contributed by atoms with Gasteiger partial charge in [-0.15, -0.1) is 0 Å². The van der Waals surface area contributed by atoms with E-state index in [9.17, 15) is 14.7 Å². The van der Waals surface area contributed by atoms with E-state index < -0.39 is 11.9 Å². The number of carbonyl (C=O) groups excluding carboxylic acids is 1. The standard InChI is InChI=1S/C19H24O4/c1-17(2)18(3)9-10-19(17,4)14(11-18)23-16(22)13-8-6-5-7-12(13)15(20)21/h5-8,14H,9-11H2,1-4H3,(H,20,21)/t14-,18-,19+/m0/s1. The molecule has 0 spiro atoms. The van der Waals surface area contributed by atoms with Gasteiger partial charge in [0.1, 0.15) is 6.10 Å². The van der Waals surface area contributed by atoms with Gasteiger partial charge in [0.2, 0.25) is 0 Å². The van der Waals surface area contributed by atoms with Crippen molar-refractivity contribution in [1.82, 2.24) is 0 Å². The average Bonchev–Trinajstić information content (AvgIpc) is 2.75. The van der Waals surface area contributed by atoms with Crippen LogP contribution in [0.4, 0.5) is 0 Å². The predicted molar refractivity (Wildman–Crippen MR) is 86.5 cm³/mol. The number of carboxylic acids is 1. The molecular formula is C19H24O4. The highest BCUT2D eigenvalue weighted by Gasteiger charge is 2.68. The maximum atomic E-state index is 12.6. The van der Waals surface area contributed by atoms with Gasteiger partial charge in [-0.3, -0.25) is 0 Å². The maximum Gasteiger partial charge on any atom is 0.339 e. The number of rotatable bonds is 3. The van der Waals surface area contributed by atoms with Crippen LogP contribution in [0.25, 0.3) is 0 Å². The van der Waals surface area contributed by atoms with E-state index in [0.717, 1.165) is 19.3 Å². The third kappa shape index (κ3) is 2.03. The Kier molecular flexibility index (Phi) is 3.36. The van der Waals surface area contributed by atoms with Gasteiger partial charge in [0.15, 0.2) is 0 Å². The third-order valence-electron chi connectivity index (χ3n) is 7.11. The van der Waals surface area contributed by atoms with Crippen molar-refractivity contribution in [2.24, 2.45) is 16.2 Å². The molecular weight excluding hydrogens is 292 g/mol. The van der Waals surface area contributed by atoms with Gasteiger partial charge in [-0.25, -0.2) is 9.59 Å². The molecule has 0 amide bonds. The lowest BCUT2D eigenvalue weighted by atomic mass is 9.66. The van der Waals surface area contributed by atoms with E-state index in [2.05, 4.69) is 27.7 Å². The Morgan fingerprint density at radius 2 is 1.70 bits per heavy atom. The zero-order valence-electron chi connectivity index (χ0n) is 14.2. The fourth-order valence-corrected chi connectivity index (χ4v) is 4.62. The van der Waals surface area contributed by atoms with Crippen molar-refractivity contribution in [3.8, 4) is 0 Å². The van der Waals surface area contributed by atoms with Gasteiger partial charge >= 0.3 is 11.9 Å². The first-order valence-corrected chi connectivity index (χ1v) is 8.16. The first kappa shape index (κ1) is 16.0. The van der Waals surface area contributed by atoms with E-state index in [0.29, 0.717) is 0 Å². The number of carboxylic acid groups (broad SMARTS) is 1. The van der Waals surface area contributed by atoms with Crippen LogP contribution < -0.4 is 0 Å². The fraction of sp³-hybridized carbons (Fsp3) is 0.579. The fourth-order valence-electron chi connectivity index (χ4n) is 4.62. The van der Waals surface area contributed by atoms with Crippen LogP contribution in [-0.2, 0) is 4.74 Å². The molecule has 3 atom stereocenters. The number of hydrogen-bond acceptors (Lipinski definition) is 3. The summed E-state index contributed by atoms with van der Waals surface area (Å²) in [6, 6.07) is 6.24. The summed E-state index contributed by atoms with van der Waals surface area (Å²) in [5.41, 5.74) is 0.330. The molecule has 2 fully saturated rings. The van der Waals surface area contributed by atoms with Gasteiger partial charge in [-0.2, -0.15) is 0 Å². The monoisotopic (exact) mass is 316 g/mol. The van der Waals surface area contributed by atoms with Gasteiger partial charge in [0.05, 0.1) is 11.1 Å². The Morgan fingerprint density at radius 1 is 1.09 bits per heavy atom. The van der Waals surface area contributed by atoms with Crippen LogP contribution >= 0.6 is 0 Å². The molecule has 2 bridgehead atoms. The molecule has 1 aromatic carbocycles. The second-order valence-electron chi connectivity index (χ2n) is 8.05. The second kappa shape index (κ2) is 4.83. The minimum Gasteiger partial charge on any atom is -0.478 e. The Hall–Kier alpha value is -1.84. The van der Waals surface area contributed by atoms with Crippen molar-refractivity contribution in [3.05, 3.63) is 35.4 Å². The van der Waals surface area contributed by atoms with Crippen LogP contribution in [0.1, 0.15) is 67.7 Å². The zero-order chi connectivity index (χ0) is 17.0. The molecule has 0 unspecified atom stereocenters. The number of carbonyl (C=O) groups is 2. The number of ether oxygens (including phenoxy) is 1. The Labute approximate surface area is 136 Å². The molecule has 3 rings (SSSR count).